The quantitative estimate of drug-likeness (QED) is 0.795. The van der Waals surface area contributed by atoms with Gasteiger partial charge in [0.25, 0.3) is 0 Å². The van der Waals surface area contributed by atoms with E-state index in [4.69, 9.17) is 0 Å². The van der Waals surface area contributed by atoms with Gasteiger partial charge in [0.05, 0.1) is 17.8 Å². The molecular formula is C21H21N3O2. The summed E-state index contributed by atoms with van der Waals surface area (Å²) in [6.45, 7) is 0. The molecule has 0 N–H and O–H groups in total. The van der Waals surface area contributed by atoms with Gasteiger partial charge in [-0.05, 0) is 48.6 Å². The molecular weight excluding hydrogens is 326 g/mol. The van der Waals surface area contributed by atoms with Gasteiger partial charge in [-0.15, -0.1) is 0 Å². The van der Waals surface area contributed by atoms with E-state index < -0.39 is 0 Å². The second-order valence-corrected chi connectivity index (χ2v) is 9.66. The van der Waals surface area contributed by atoms with E-state index in [1.807, 2.05) is 39.7 Å². The highest BCUT2D eigenvalue weighted by Gasteiger charge is 3.02. The molecule has 2 spiro atoms. The molecule has 9 rings (SSSR count). The van der Waals surface area contributed by atoms with Gasteiger partial charge < -0.3 is 0 Å². The summed E-state index contributed by atoms with van der Waals surface area (Å²) in [5.74, 6) is 3.13. The molecule has 3 heterocycles. The third kappa shape index (κ3) is 0.876. The van der Waals surface area contributed by atoms with Crippen molar-refractivity contribution in [1.29, 1.82) is 0 Å². The Bertz CT molecular complexity index is 1060. The van der Waals surface area contributed by atoms with Crippen LogP contribution in [0.25, 0.3) is 5.69 Å². The zero-order chi connectivity index (χ0) is 17.0. The number of hydrogen-bond acceptors (Lipinski definition) is 2. The van der Waals surface area contributed by atoms with Crippen molar-refractivity contribution in [1.82, 2.24) is 13.9 Å². The van der Waals surface area contributed by atoms with Crippen molar-refractivity contribution in [3.63, 3.8) is 0 Å². The lowest BCUT2D eigenvalue weighted by molar-refractivity contribution is -0.552. The van der Waals surface area contributed by atoms with E-state index in [9.17, 15) is 9.59 Å². The number of benzene rings is 1. The maximum atomic E-state index is 13.4. The molecule has 0 saturated heterocycles. The highest BCUT2D eigenvalue weighted by molar-refractivity contribution is 5.48. The van der Waals surface area contributed by atoms with Gasteiger partial charge in [-0.25, -0.2) is 23.5 Å². The second kappa shape index (κ2) is 3.54. The van der Waals surface area contributed by atoms with Gasteiger partial charge in [-0.1, -0.05) is 37.5 Å². The Morgan fingerprint density at radius 1 is 0.769 bits per heavy atom. The van der Waals surface area contributed by atoms with Crippen LogP contribution in [0.5, 0.6) is 0 Å². The SMILES string of the molecule is O=c1n(-c2ccccc2)c(=O)n2n1[C@H]1[C@@H]3[C@@H]4[C@@H]5[C@@H]3[C@]13CCCCC[C@]53[C@H]42. The molecule has 5 nitrogen and oxygen atoms in total. The molecule has 1 aromatic heterocycles. The van der Waals surface area contributed by atoms with Crippen molar-refractivity contribution in [3.05, 3.63) is 51.3 Å². The Labute approximate surface area is 150 Å². The third-order valence-corrected chi connectivity index (χ3v) is 9.73. The fourth-order valence-electron chi connectivity index (χ4n) is 9.52. The minimum atomic E-state index is -0.101. The average Bonchev–Trinajstić information content (AvgIpc) is 2.78. The van der Waals surface area contributed by atoms with Gasteiger partial charge >= 0.3 is 11.4 Å². The second-order valence-electron chi connectivity index (χ2n) is 9.66. The molecule has 5 fully saturated rings. The van der Waals surface area contributed by atoms with E-state index in [-0.39, 0.29) is 11.4 Å². The number of aromatic nitrogens is 3. The normalized spacial score (nSPS) is 50.2. The van der Waals surface area contributed by atoms with Crippen LogP contribution in [0.1, 0.15) is 44.2 Å². The van der Waals surface area contributed by atoms with Crippen molar-refractivity contribution in [2.24, 2.45) is 34.5 Å². The van der Waals surface area contributed by atoms with E-state index in [0.717, 1.165) is 11.8 Å². The molecule has 2 bridgehead atoms. The van der Waals surface area contributed by atoms with E-state index >= 15 is 0 Å². The summed E-state index contributed by atoms with van der Waals surface area (Å²) >= 11 is 0. The molecule has 132 valence electrons. The zero-order valence-corrected chi connectivity index (χ0v) is 14.5. The Kier molecular flexibility index (Phi) is 1.79. The van der Waals surface area contributed by atoms with Gasteiger partial charge in [0.2, 0.25) is 0 Å². The van der Waals surface area contributed by atoms with E-state index in [1.54, 1.807) is 0 Å². The van der Waals surface area contributed by atoms with Crippen LogP contribution in [0.15, 0.2) is 39.9 Å². The smallest absolute Gasteiger partial charge is 0.245 e. The first-order valence-electron chi connectivity index (χ1n) is 10.3. The maximum Gasteiger partial charge on any atom is 0.352 e. The average molecular weight is 347 g/mol. The Morgan fingerprint density at radius 2 is 1.31 bits per heavy atom. The number of hydrogen-bond donors (Lipinski definition) is 0. The largest absolute Gasteiger partial charge is 0.352 e. The van der Waals surface area contributed by atoms with Crippen LogP contribution < -0.4 is 11.4 Å². The van der Waals surface area contributed by atoms with Crippen molar-refractivity contribution in [2.75, 3.05) is 0 Å². The van der Waals surface area contributed by atoms with Crippen molar-refractivity contribution in [2.45, 2.75) is 44.2 Å². The third-order valence-electron chi connectivity index (χ3n) is 9.73. The van der Waals surface area contributed by atoms with E-state index in [2.05, 4.69) is 0 Å². The first-order valence-corrected chi connectivity index (χ1v) is 10.3. The van der Waals surface area contributed by atoms with E-state index in [1.165, 1.54) is 36.7 Å². The van der Waals surface area contributed by atoms with Gasteiger partial charge in [0.15, 0.2) is 0 Å². The van der Waals surface area contributed by atoms with Gasteiger partial charge in [0.1, 0.15) is 0 Å². The van der Waals surface area contributed by atoms with Gasteiger partial charge in [-0.2, -0.15) is 0 Å². The first-order chi connectivity index (χ1) is 12.7. The first kappa shape index (κ1) is 13.2. The van der Waals surface area contributed by atoms with Crippen molar-refractivity contribution >= 4 is 0 Å². The molecule has 8 atom stereocenters. The van der Waals surface area contributed by atoms with Crippen molar-refractivity contribution in [3.8, 4) is 5.69 Å². The monoisotopic (exact) mass is 347 g/mol. The topological polar surface area (TPSA) is 48.9 Å². The molecule has 1 aromatic carbocycles. The maximum absolute atomic E-state index is 13.4. The summed E-state index contributed by atoms with van der Waals surface area (Å²) in [6.07, 6.45) is 6.52. The number of para-hydroxylation sites is 1. The van der Waals surface area contributed by atoms with E-state index in [0.29, 0.717) is 40.4 Å². The molecule has 2 aromatic rings. The fraction of sp³-hybridized carbons (Fsp3) is 0.619. The molecule has 2 aliphatic heterocycles. The van der Waals surface area contributed by atoms with Crippen LogP contribution >= 0.6 is 0 Å². The zero-order valence-electron chi connectivity index (χ0n) is 14.5. The lowest BCUT2D eigenvalue weighted by Gasteiger charge is -3.01. The predicted octanol–water partition coefficient (Wildman–Crippen LogP) is 2.35. The predicted molar refractivity (Wildman–Crippen MR) is 94.3 cm³/mol. The van der Waals surface area contributed by atoms with Crippen molar-refractivity contribution < 1.29 is 0 Å². The molecule has 0 amide bonds. The van der Waals surface area contributed by atoms with Gasteiger partial charge in [-0.3, -0.25) is 0 Å². The highest BCUT2D eigenvalue weighted by Crippen LogP contribution is 3.03. The van der Waals surface area contributed by atoms with Gasteiger partial charge in [0, 0.05) is 10.8 Å². The van der Waals surface area contributed by atoms with Crippen LogP contribution in [0.2, 0.25) is 0 Å². The summed E-state index contributed by atoms with van der Waals surface area (Å²) in [6, 6.07) is 10.1. The Hall–Kier alpha value is -2.04. The molecule has 5 saturated carbocycles. The summed E-state index contributed by atoms with van der Waals surface area (Å²) in [5, 5.41) is 0. The molecule has 0 radical (unpaired) electrons. The lowest BCUT2D eigenvalue weighted by atomic mass is 9.05. The van der Waals surface area contributed by atoms with Crippen LogP contribution in [-0.2, 0) is 0 Å². The molecule has 5 heteroatoms. The fourth-order valence-corrected chi connectivity index (χ4v) is 9.52. The molecule has 5 aliphatic carbocycles. The highest BCUT2D eigenvalue weighted by atomic mass is 16.2. The lowest BCUT2D eigenvalue weighted by Crippen LogP contribution is -3.00. The standard InChI is InChI=1S/C21H21N3O2/c25-18-22(11-7-3-1-4-8-11)19(26)24-17-13-12-14-15(13)21(17)10-6-2-5-9-20(14,21)16(12)23(18)24/h1,3-4,7-8,12-17H,2,5-6,9-10H2/t12-,13-,14-,15-,16+,17+,20-,21-/m1/s1. The summed E-state index contributed by atoms with van der Waals surface area (Å²) in [5.41, 5.74) is 1.22. The minimum absolute atomic E-state index is 0.101. The summed E-state index contributed by atoms with van der Waals surface area (Å²) in [4.78, 5) is 26.8. The number of nitrogens with zero attached hydrogens (tertiary/aromatic N) is 3. The Morgan fingerprint density at radius 3 is 1.85 bits per heavy atom. The molecule has 7 aliphatic rings. The van der Waals surface area contributed by atoms with Crippen LogP contribution in [0.3, 0.4) is 0 Å². The number of rotatable bonds is 1. The van der Waals surface area contributed by atoms with Crippen LogP contribution in [-0.4, -0.2) is 13.9 Å². The summed E-state index contributed by atoms with van der Waals surface area (Å²) < 4.78 is 5.28. The summed E-state index contributed by atoms with van der Waals surface area (Å²) in [7, 11) is 0. The molecule has 0 unspecified atom stereocenters. The Balaban J connectivity index is 1.44. The van der Waals surface area contributed by atoms with Crippen LogP contribution in [0.4, 0.5) is 0 Å². The van der Waals surface area contributed by atoms with Crippen LogP contribution in [0, 0.1) is 34.5 Å². The molecule has 26 heavy (non-hydrogen) atoms. The minimum Gasteiger partial charge on any atom is -0.245 e.